The Kier molecular flexibility index (Phi) is 7.06. The number of benzene rings is 1. The Morgan fingerprint density at radius 1 is 1.33 bits per heavy atom. The van der Waals surface area contributed by atoms with Gasteiger partial charge in [0.1, 0.15) is 18.5 Å². The van der Waals surface area contributed by atoms with Gasteiger partial charge in [0.15, 0.2) is 0 Å². The Labute approximate surface area is 188 Å². The predicted octanol–water partition coefficient (Wildman–Crippen LogP) is 2.44. The predicted molar refractivity (Wildman–Crippen MR) is 121 cm³/mol. The maximum atomic E-state index is 12.8. The maximum Gasteiger partial charge on any atom is 0.254 e. The number of nitrogens with two attached hydrogens (primary N) is 1. The average molecular weight is 493 g/mol. The number of hydrogen-bond donors (Lipinski definition) is 3. The molecule has 1 fully saturated rings. The molecule has 1 aromatic carbocycles. The van der Waals surface area contributed by atoms with Crippen LogP contribution in [0.15, 0.2) is 40.3 Å². The second-order valence-electron chi connectivity index (χ2n) is 7.16. The van der Waals surface area contributed by atoms with Crippen LogP contribution in [0.1, 0.15) is 22.2 Å². The molecule has 9 heteroatoms. The van der Waals surface area contributed by atoms with Gasteiger partial charge >= 0.3 is 0 Å². The molecule has 4 rings (SSSR count). The van der Waals surface area contributed by atoms with Crippen molar-refractivity contribution in [3.8, 4) is 5.75 Å². The number of carbonyl (C=O) groups is 1. The van der Waals surface area contributed by atoms with Crippen LogP contribution in [0, 0.1) is 0 Å². The van der Waals surface area contributed by atoms with E-state index in [4.69, 9.17) is 15.2 Å². The zero-order chi connectivity index (χ0) is 20.9. The minimum atomic E-state index is -0.361. The summed E-state index contributed by atoms with van der Waals surface area (Å²) in [5.41, 5.74) is 8.82. The first kappa shape index (κ1) is 21.3. The highest BCUT2D eigenvalue weighted by atomic mass is 79.9. The number of fused-ring (bicyclic) bond motifs is 1. The van der Waals surface area contributed by atoms with Gasteiger partial charge in [-0.15, -0.1) is 11.3 Å². The van der Waals surface area contributed by atoms with Crippen LogP contribution in [0.4, 0.5) is 0 Å². The summed E-state index contributed by atoms with van der Waals surface area (Å²) in [4.78, 5) is 16.0. The Balaban J connectivity index is 1.38. The molecule has 2 aromatic rings. The van der Waals surface area contributed by atoms with Gasteiger partial charge in [-0.1, -0.05) is 15.9 Å². The Morgan fingerprint density at radius 3 is 2.87 bits per heavy atom. The minimum Gasteiger partial charge on any atom is -0.489 e. The van der Waals surface area contributed by atoms with E-state index in [0.29, 0.717) is 18.7 Å². The molecule has 0 aliphatic carbocycles. The third kappa shape index (κ3) is 5.04. The van der Waals surface area contributed by atoms with Gasteiger partial charge < -0.3 is 25.8 Å². The third-order valence-electron chi connectivity index (χ3n) is 5.14. The molecule has 0 radical (unpaired) electrons. The number of halogens is 1. The van der Waals surface area contributed by atoms with Crippen LogP contribution in [-0.2, 0) is 16.1 Å². The lowest BCUT2D eigenvalue weighted by atomic mass is 10.0. The summed E-state index contributed by atoms with van der Waals surface area (Å²) in [5, 5.41) is 8.16. The lowest BCUT2D eigenvalue weighted by Gasteiger charge is -2.27. The van der Waals surface area contributed by atoms with Gasteiger partial charge in [0.05, 0.1) is 18.8 Å². The molecule has 1 unspecified atom stereocenters. The molecule has 0 bridgehead atoms. The molecule has 0 saturated carbocycles. The summed E-state index contributed by atoms with van der Waals surface area (Å²) in [5.74, 6) is 0.693. The summed E-state index contributed by atoms with van der Waals surface area (Å²) in [6.45, 7) is 5.14. The van der Waals surface area contributed by atoms with Crippen LogP contribution < -0.4 is 21.1 Å². The number of carbonyl (C=O) groups excluding carboxylic acids is 1. The molecule has 2 aliphatic rings. The van der Waals surface area contributed by atoms with Gasteiger partial charge in [-0.2, -0.15) is 0 Å². The van der Waals surface area contributed by atoms with E-state index in [1.54, 1.807) is 6.20 Å². The van der Waals surface area contributed by atoms with Gasteiger partial charge in [-0.05, 0) is 29.6 Å². The van der Waals surface area contributed by atoms with Crippen molar-refractivity contribution in [2.24, 2.45) is 5.73 Å². The third-order valence-corrected chi connectivity index (χ3v) is 6.75. The van der Waals surface area contributed by atoms with Crippen LogP contribution in [-0.4, -0.2) is 50.2 Å². The van der Waals surface area contributed by atoms with Crippen molar-refractivity contribution in [1.29, 1.82) is 0 Å². The second kappa shape index (κ2) is 9.93. The van der Waals surface area contributed by atoms with Gasteiger partial charge in [-0.25, -0.2) is 0 Å². The zero-order valence-corrected chi connectivity index (χ0v) is 18.9. The molecule has 1 aromatic heterocycles. The lowest BCUT2D eigenvalue weighted by Crippen LogP contribution is -2.41. The number of nitrogens with zero attached hydrogens (tertiary/aromatic N) is 1. The molecule has 1 amide bonds. The van der Waals surface area contributed by atoms with Crippen molar-refractivity contribution >= 4 is 38.7 Å². The number of morpholine rings is 1. The van der Waals surface area contributed by atoms with Crippen LogP contribution in [0.2, 0.25) is 0 Å². The van der Waals surface area contributed by atoms with Crippen molar-refractivity contribution in [2.75, 3.05) is 39.4 Å². The van der Waals surface area contributed by atoms with E-state index >= 15 is 0 Å². The maximum absolute atomic E-state index is 12.8. The monoisotopic (exact) mass is 492 g/mol. The summed E-state index contributed by atoms with van der Waals surface area (Å²) in [6, 6.07) is 7.70. The normalized spacial score (nSPS) is 18.9. The van der Waals surface area contributed by atoms with Crippen LogP contribution >= 0.6 is 27.3 Å². The number of amides is 1. The smallest absolute Gasteiger partial charge is 0.254 e. The number of ether oxygens (including phenoxy) is 2. The van der Waals surface area contributed by atoms with Crippen LogP contribution in [0.25, 0.3) is 5.57 Å². The Morgan fingerprint density at radius 2 is 2.10 bits per heavy atom. The molecule has 1 atom stereocenters. The highest BCUT2D eigenvalue weighted by molar-refractivity contribution is 9.10. The Hall–Kier alpha value is -1.91. The summed E-state index contributed by atoms with van der Waals surface area (Å²) in [7, 11) is 0. The average Bonchev–Trinajstić information content (AvgIpc) is 3.19. The molecular formula is C21H25BrN4O3S. The molecular weight excluding hydrogens is 468 g/mol. The van der Waals surface area contributed by atoms with Crippen molar-refractivity contribution in [3.05, 3.63) is 56.3 Å². The molecule has 7 nitrogen and oxygen atoms in total. The Bertz CT molecular complexity index is 909. The van der Waals surface area contributed by atoms with Crippen LogP contribution in [0.3, 0.4) is 0 Å². The van der Waals surface area contributed by atoms with E-state index in [9.17, 15) is 4.79 Å². The SMILES string of the molecule is NC1NC=C(C(=O)NCCN2CCOCC2)c2scc(COc3ccc(Br)cc3)c21. The molecule has 160 valence electrons. The summed E-state index contributed by atoms with van der Waals surface area (Å²) >= 11 is 4.95. The minimum absolute atomic E-state index is 0.0915. The van der Waals surface area contributed by atoms with Crippen molar-refractivity contribution in [3.63, 3.8) is 0 Å². The van der Waals surface area contributed by atoms with Gasteiger partial charge in [0.2, 0.25) is 0 Å². The number of nitrogens with one attached hydrogen (secondary N) is 2. The highest BCUT2D eigenvalue weighted by Crippen LogP contribution is 2.35. The standard InChI is InChI=1S/C21H25BrN4O3S/c22-15-1-3-16(4-2-15)29-12-14-13-30-19-17(11-25-20(23)18(14)19)21(27)24-5-6-26-7-9-28-10-8-26/h1-4,11,13,20,25H,5-10,12,23H2,(H,24,27). The highest BCUT2D eigenvalue weighted by Gasteiger charge is 2.27. The topological polar surface area (TPSA) is 88.8 Å². The molecule has 3 heterocycles. The van der Waals surface area contributed by atoms with Gasteiger partial charge in [0.25, 0.3) is 5.91 Å². The quantitative estimate of drug-likeness (QED) is 0.549. The number of thiophene rings is 1. The lowest BCUT2D eigenvalue weighted by molar-refractivity contribution is -0.115. The van der Waals surface area contributed by atoms with Crippen molar-refractivity contribution in [2.45, 2.75) is 12.8 Å². The fourth-order valence-electron chi connectivity index (χ4n) is 3.49. The van der Waals surface area contributed by atoms with Gasteiger partial charge in [0, 0.05) is 52.9 Å². The van der Waals surface area contributed by atoms with E-state index in [-0.39, 0.29) is 12.1 Å². The zero-order valence-electron chi connectivity index (χ0n) is 16.5. The molecule has 30 heavy (non-hydrogen) atoms. The van der Waals surface area contributed by atoms with E-state index < -0.39 is 0 Å². The van der Waals surface area contributed by atoms with Crippen molar-refractivity contribution < 1.29 is 14.3 Å². The van der Waals surface area contributed by atoms with E-state index in [0.717, 1.165) is 59.1 Å². The largest absolute Gasteiger partial charge is 0.489 e. The molecule has 0 spiro atoms. The van der Waals surface area contributed by atoms with Crippen LogP contribution in [0.5, 0.6) is 5.75 Å². The first-order valence-electron chi connectivity index (χ1n) is 9.91. The van der Waals surface area contributed by atoms with E-state index in [1.807, 2.05) is 29.6 Å². The van der Waals surface area contributed by atoms with E-state index in [2.05, 4.69) is 31.5 Å². The number of rotatable bonds is 7. The molecule has 1 saturated heterocycles. The fourth-order valence-corrected chi connectivity index (χ4v) is 4.88. The van der Waals surface area contributed by atoms with Gasteiger partial charge in [-0.3, -0.25) is 9.69 Å². The fraction of sp³-hybridized carbons (Fsp3) is 0.381. The molecule has 2 aliphatic heterocycles. The van der Waals surface area contributed by atoms with Crippen molar-refractivity contribution in [1.82, 2.24) is 15.5 Å². The first-order chi connectivity index (χ1) is 14.6. The summed E-state index contributed by atoms with van der Waals surface area (Å²) < 4.78 is 12.3. The van der Waals surface area contributed by atoms with E-state index in [1.165, 1.54) is 11.3 Å². The number of hydrogen-bond acceptors (Lipinski definition) is 7. The second-order valence-corrected chi connectivity index (χ2v) is 8.95. The summed E-state index contributed by atoms with van der Waals surface area (Å²) in [6.07, 6.45) is 1.35. The first-order valence-corrected chi connectivity index (χ1v) is 11.6. The molecule has 4 N–H and O–H groups in total.